The van der Waals surface area contributed by atoms with Gasteiger partial charge in [0.2, 0.25) is 0 Å². The zero-order valence-electron chi connectivity index (χ0n) is 5.05. The minimum absolute atomic E-state index is 0.157. The van der Waals surface area contributed by atoms with E-state index < -0.39 is 0 Å². The highest BCUT2D eigenvalue weighted by Crippen LogP contribution is 2.04. The van der Waals surface area contributed by atoms with Crippen molar-refractivity contribution >= 4 is 12.6 Å². The molecule has 1 radical (unpaired) electrons. The first-order valence-corrected chi connectivity index (χ1v) is 3.33. The van der Waals surface area contributed by atoms with E-state index in [1.807, 2.05) is 6.07 Å². The Morgan fingerprint density at radius 2 is 2.38 bits per heavy atom. The van der Waals surface area contributed by atoms with Crippen molar-refractivity contribution < 1.29 is 0 Å². The molecule has 0 spiro atoms. The molecule has 0 saturated heterocycles. The molecule has 0 rings (SSSR count). The highest BCUT2D eigenvalue weighted by atomic mass is 32.1. The second-order valence-electron chi connectivity index (χ2n) is 1.76. The van der Waals surface area contributed by atoms with E-state index in [1.54, 1.807) is 0 Å². The lowest BCUT2D eigenvalue weighted by Gasteiger charge is -1.94. The maximum atomic E-state index is 8.21. The van der Waals surface area contributed by atoms with Crippen molar-refractivity contribution in [2.45, 2.75) is 31.4 Å². The van der Waals surface area contributed by atoms with Gasteiger partial charge in [0.15, 0.2) is 0 Å². The van der Waals surface area contributed by atoms with Crippen LogP contribution in [0, 0.1) is 11.3 Å². The van der Waals surface area contributed by atoms with Gasteiger partial charge in [0.25, 0.3) is 0 Å². The van der Waals surface area contributed by atoms with Gasteiger partial charge in [-0.1, -0.05) is 32.4 Å². The Morgan fingerprint density at radius 3 is 2.75 bits per heavy atom. The topological polar surface area (TPSA) is 23.8 Å². The summed E-state index contributed by atoms with van der Waals surface area (Å²) in [5.41, 5.74) is 0. The van der Waals surface area contributed by atoms with E-state index in [-0.39, 0.29) is 5.25 Å². The molecule has 0 aliphatic carbocycles. The molecule has 0 fully saturated rings. The minimum Gasteiger partial charge on any atom is -0.197 e. The van der Waals surface area contributed by atoms with Crippen molar-refractivity contribution in [3.8, 4) is 6.07 Å². The molecule has 1 nitrogen and oxygen atoms in total. The lowest BCUT2D eigenvalue weighted by Crippen LogP contribution is -1.91. The normalized spacial score (nSPS) is 12.6. The van der Waals surface area contributed by atoms with Crippen molar-refractivity contribution in [3.05, 3.63) is 0 Å². The third-order valence-corrected chi connectivity index (χ3v) is 1.30. The monoisotopic (exact) mass is 128 g/mol. The fourth-order valence-electron chi connectivity index (χ4n) is 0.454. The number of hydrogen-bond acceptors (Lipinski definition) is 1. The van der Waals surface area contributed by atoms with Gasteiger partial charge in [-0.15, -0.1) is 0 Å². The summed E-state index contributed by atoms with van der Waals surface area (Å²) in [5, 5.41) is 8.05. The van der Waals surface area contributed by atoms with Crippen LogP contribution in [0.15, 0.2) is 0 Å². The fraction of sp³-hybridized carbons (Fsp3) is 0.833. The predicted octanol–water partition coefficient (Wildman–Crippen LogP) is 2.27. The zero-order chi connectivity index (χ0) is 6.41. The zero-order valence-corrected chi connectivity index (χ0v) is 5.87. The van der Waals surface area contributed by atoms with Gasteiger partial charge >= 0.3 is 0 Å². The minimum atomic E-state index is -0.157. The predicted molar refractivity (Wildman–Crippen MR) is 36.5 cm³/mol. The molecule has 0 aliphatic rings. The van der Waals surface area contributed by atoms with Crippen LogP contribution in [0.25, 0.3) is 0 Å². The first-order valence-electron chi connectivity index (χ1n) is 2.86. The van der Waals surface area contributed by atoms with Crippen molar-refractivity contribution in [2.75, 3.05) is 0 Å². The fourth-order valence-corrected chi connectivity index (χ4v) is 0.621. The van der Waals surface area contributed by atoms with Crippen LogP contribution in [0.1, 0.15) is 26.2 Å². The summed E-state index contributed by atoms with van der Waals surface area (Å²) >= 11 is 4.74. The highest BCUT2D eigenvalue weighted by molar-refractivity contribution is 7.81. The molecule has 1 unspecified atom stereocenters. The molecule has 0 aromatic heterocycles. The molecule has 0 aliphatic heterocycles. The number of nitriles is 1. The van der Waals surface area contributed by atoms with Crippen molar-refractivity contribution in [2.24, 2.45) is 0 Å². The third kappa shape index (κ3) is 4.01. The lowest BCUT2D eigenvalue weighted by atomic mass is 10.2. The number of rotatable bonds is 3. The molecular weight excluding hydrogens is 118 g/mol. The summed E-state index contributed by atoms with van der Waals surface area (Å²) in [6, 6.07) is 2.01. The van der Waals surface area contributed by atoms with E-state index in [4.69, 9.17) is 17.9 Å². The van der Waals surface area contributed by atoms with Crippen LogP contribution in [-0.4, -0.2) is 5.25 Å². The Labute approximate surface area is 56.1 Å². The second kappa shape index (κ2) is 4.99. The van der Waals surface area contributed by atoms with E-state index in [1.165, 1.54) is 0 Å². The second-order valence-corrected chi connectivity index (χ2v) is 2.33. The van der Waals surface area contributed by atoms with E-state index >= 15 is 0 Å². The van der Waals surface area contributed by atoms with Crippen molar-refractivity contribution in [1.29, 1.82) is 5.26 Å². The summed E-state index contributed by atoms with van der Waals surface area (Å²) in [4.78, 5) is 0. The number of unbranched alkanes of at least 4 members (excludes halogenated alkanes) is 1. The Kier molecular flexibility index (Phi) is 4.89. The van der Waals surface area contributed by atoms with Crippen LogP contribution in [0.2, 0.25) is 0 Å². The first kappa shape index (κ1) is 7.84. The summed E-state index contributed by atoms with van der Waals surface area (Å²) in [6.45, 7) is 2.10. The van der Waals surface area contributed by atoms with Crippen LogP contribution in [0.4, 0.5) is 0 Å². The van der Waals surface area contributed by atoms with E-state index in [2.05, 4.69) is 6.92 Å². The van der Waals surface area contributed by atoms with Gasteiger partial charge in [-0.25, -0.2) is 0 Å². The van der Waals surface area contributed by atoms with Gasteiger partial charge in [0.05, 0.1) is 6.07 Å². The average Bonchev–Trinajstić information content (AvgIpc) is 1.83. The standard InChI is InChI=1S/C6H10NS/c1-2-3-4-6(8)5-7/h6H,2-4H2,1H3. The average molecular weight is 128 g/mol. The van der Waals surface area contributed by atoms with Gasteiger partial charge in [-0.2, -0.15) is 5.26 Å². The van der Waals surface area contributed by atoms with Gasteiger partial charge in [-0.05, 0) is 6.42 Å². The SMILES string of the molecule is CCCCC([S])C#N. The van der Waals surface area contributed by atoms with Gasteiger partial charge in [-0.3, -0.25) is 0 Å². The smallest absolute Gasteiger partial charge is 0.102 e. The van der Waals surface area contributed by atoms with Crippen molar-refractivity contribution in [3.63, 3.8) is 0 Å². The largest absolute Gasteiger partial charge is 0.197 e. The molecule has 2 heteroatoms. The molecule has 0 aromatic rings. The van der Waals surface area contributed by atoms with Crippen molar-refractivity contribution in [1.82, 2.24) is 0 Å². The molecule has 0 bridgehead atoms. The highest BCUT2D eigenvalue weighted by Gasteiger charge is 1.97. The van der Waals surface area contributed by atoms with Crippen LogP contribution in [0.3, 0.4) is 0 Å². The maximum Gasteiger partial charge on any atom is 0.102 e. The molecule has 0 aromatic carbocycles. The van der Waals surface area contributed by atoms with E-state index in [0.29, 0.717) is 0 Å². The summed E-state index contributed by atoms with van der Waals surface area (Å²) in [7, 11) is 0. The molecular formula is C6H10NS. The van der Waals surface area contributed by atoms with Crippen LogP contribution in [0.5, 0.6) is 0 Å². The number of nitrogens with zero attached hydrogens (tertiary/aromatic N) is 1. The molecule has 0 amide bonds. The van der Waals surface area contributed by atoms with E-state index in [9.17, 15) is 0 Å². The Bertz CT molecular complexity index is 85.0. The van der Waals surface area contributed by atoms with Crippen LogP contribution in [-0.2, 0) is 0 Å². The Morgan fingerprint density at radius 1 is 1.75 bits per heavy atom. The number of hydrogen-bond donors (Lipinski definition) is 0. The molecule has 8 heavy (non-hydrogen) atoms. The molecule has 1 atom stereocenters. The lowest BCUT2D eigenvalue weighted by molar-refractivity contribution is 0.744. The Balaban J connectivity index is 3.02. The first-order chi connectivity index (χ1) is 3.81. The van der Waals surface area contributed by atoms with Gasteiger partial charge in [0.1, 0.15) is 5.25 Å². The Hall–Kier alpha value is -0.160. The summed E-state index contributed by atoms with van der Waals surface area (Å²) < 4.78 is 0. The molecule has 45 valence electrons. The maximum absolute atomic E-state index is 8.21. The molecule has 0 saturated carbocycles. The van der Waals surface area contributed by atoms with Gasteiger partial charge < -0.3 is 0 Å². The quantitative estimate of drug-likeness (QED) is 0.572. The summed E-state index contributed by atoms with van der Waals surface area (Å²) in [5.74, 6) is 0. The van der Waals surface area contributed by atoms with Crippen LogP contribution >= 0.6 is 12.6 Å². The third-order valence-electron chi connectivity index (χ3n) is 0.964. The molecule has 0 heterocycles. The summed E-state index contributed by atoms with van der Waals surface area (Å²) in [6.07, 6.45) is 3.10. The van der Waals surface area contributed by atoms with Crippen LogP contribution < -0.4 is 0 Å². The van der Waals surface area contributed by atoms with Gasteiger partial charge in [0, 0.05) is 0 Å². The molecule has 0 N–H and O–H groups in total. The van der Waals surface area contributed by atoms with E-state index in [0.717, 1.165) is 19.3 Å².